The Labute approximate surface area is 113 Å². The second kappa shape index (κ2) is 5.19. The Bertz CT molecular complexity index is 617. The number of hydrogen-bond acceptors (Lipinski definition) is 4. The molecule has 0 bridgehead atoms. The maximum absolute atomic E-state index is 12.2. The van der Waals surface area contributed by atoms with Crippen molar-refractivity contribution < 1.29 is 13.2 Å². The topological polar surface area (TPSA) is 79.2 Å². The van der Waals surface area contributed by atoms with E-state index in [2.05, 4.69) is 4.72 Å². The number of nitriles is 1. The average molecular weight is 280 g/mol. The van der Waals surface area contributed by atoms with Crippen LogP contribution in [0.2, 0.25) is 0 Å². The van der Waals surface area contributed by atoms with E-state index in [1.54, 1.807) is 26.0 Å². The Balaban J connectivity index is 2.28. The number of nitrogens with zero attached hydrogens (tertiary/aromatic N) is 1. The molecule has 0 amide bonds. The lowest BCUT2D eigenvalue weighted by Gasteiger charge is -2.15. The second-order valence-corrected chi connectivity index (χ2v) is 6.55. The van der Waals surface area contributed by atoms with Crippen LogP contribution < -0.4 is 9.46 Å². The van der Waals surface area contributed by atoms with E-state index < -0.39 is 16.1 Å². The number of benzene rings is 1. The molecule has 0 saturated heterocycles. The highest BCUT2D eigenvalue weighted by Gasteiger charge is 2.24. The van der Waals surface area contributed by atoms with E-state index in [1.165, 1.54) is 6.07 Å². The zero-order valence-electron chi connectivity index (χ0n) is 10.9. The van der Waals surface area contributed by atoms with Crippen molar-refractivity contribution >= 4 is 10.0 Å². The molecule has 6 heteroatoms. The minimum Gasteiger partial charge on any atom is -0.493 e. The van der Waals surface area contributed by atoms with E-state index >= 15 is 0 Å². The number of ether oxygens (including phenoxy) is 1. The van der Waals surface area contributed by atoms with Gasteiger partial charge in [0.1, 0.15) is 11.8 Å². The van der Waals surface area contributed by atoms with Gasteiger partial charge in [0.25, 0.3) is 0 Å². The van der Waals surface area contributed by atoms with Gasteiger partial charge in [-0.2, -0.15) is 9.98 Å². The zero-order chi connectivity index (χ0) is 14.0. The van der Waals surface area contributed by atoms with Crippen LogP contribution in [0.1, 0.15) is 19.4 Å². The molecule has 1 aliphatic heterocycles. The van der Waals surface area contributed by atoms with Gasteiger partial charge in [-0.05, 0) is 29.7 Å². The summed E-state index contributed by atoms with van der Waals surface area (Å²) in [7, 11) is -3.67. The summed E-state index contributed by atoms with van der Waals surface area (Å²) in [6.07, 6.45) is 0.713. The summed E-state index contributed by atoms with van der Waals surface area (Å²) in [6, 6.07) is 6.01. The fourth-order valence-electron chi connectivity index (χ4n) is 1.88. The minimum absolute atomic E-state index is 0.0856. The van der Waals surface area contributed by atoms with E-state index in [-0.39, 0.29) is 10.8 Å². The summed E-state index contributed by atoms with van der Waals surface area (Å²) in [4.78, 5) is 0.178. The molecule has 1 aliphatic rings. The Morgan fingerprint density at radius 1 is 1.42 bits per heavy atom. The zero-order valence-corrected chi connectivity index (χ0v) is 11.7. The highest BCUT2D eigenvalue weighted by molar-refractivity contribution is 7.89. The average Bonchev–Trinajstić information content (AvgIpc) is 2.82. The van der Waals surface area contributed by atoms with Crippen molar-refractivity contribution in [3.8, 4) is 11.8 Å². The van der Waals surface area contributed by atoms with Gasteiger partial charge in [0.05, 0.1) is 17.6 Å². The molecule has 0 spiro atoms. The molecule has 19 heavy (non-hydrogen) atoms. The van der Waals surface area contributed by atoms with Gasteiger partial charge in [0.2, 0.25) is 10.0 Å². The van der Waals surface area contributed by atoms with Gasteiger partial charge >= 0.3 is 0 Å². The standard InChI is InChI=1S/C13H16N2O3S/c1-9(2)12(8-14)15-19(16,17)11-3-4-13-10(7-11)5-6-18-13/h3-4,7,9,12,15H,5-6H2,1-2H3/t12-/m0/s1. The van der Waals surface area contributed by atoms with Crippen LogP contribution in [0.4, 0.5) is 0 Å². The first-order chi connectivity index (χ1) is 8.94. The highest BCUT2D eigenvalue weighted by Crippen LogP contribution is 2.27. The molecule has 5 nitrogen and oxygen atoms in total. The van der Waals surface area contributed by atoms with Crippen molar-refractivity contribution in [2.45, 2.75) is 31.2 Å². The predicted molar refractivity (Wildman–Crippen MR) is 70.2 cm³/mol. The monoisotopic (exact) mass is 280 g/mol. The van der Waals surface area contributed by atoms with E-state index in [9.17, 15) is 8.42 Å². The molecule has 0 saturated carbocycles. The number of fused-ring (bicyclic) bond motifs is 1. The van der Waals surface area contributed by atoms with Gasteiger partial charge in [-0.15, -0.1) is 0 Å². The number of nitrogens with one attached hydrogen (secondary N) is 1. The van der Waals surface area contributed by atoms with Crippen molar-refractivity contribution in [3.05, 3.63) is 23.8 Å². The number of hydrogen-bond donors (Lipinski definition) is 1. The van der Waals surface area contributed by atoms with Crippen LogP contribution in [0, 0.1) is 17.2 Å². The van der Waals surface area contributed by atoms with Gasteiger partial charge in [0.15, 0.2) is 0 Å². The molecule has 0 aromatic heterocycles. The number of sulfonamides is 1. The number of rotatable bonds is 4. The Kier molecular flexibility index (Phi) is 3.78. The van der Waals surface area contributed by atoms with Crippen LogP contribution in [-0.2, 0) is 16.4 Å². The van der Waals surface area contributed by atoms with Crippen molar-refractivity contribution in [1.82, 2.24) is 4.72 Å². The first kappa shape index (κ1) is 13.8. The Morgan fingerprint density at radius 3 is 2.79 bits per heavy atom. The fraction of sp³-hybridized carbons (Fsp3) is 0.462. The predicted octanol–water partition coefficient (Wildman–Crippen LogP) is 1.45. The highest BCUT2D eigenvalue weighted by atomic mass is 32.2. The second-order valence-electron chi connectivity index (χ2n) is 4.84. The first-order valence-corrected chi connectivity index (χ1v) is 7.60. The summed E-state index contributed by atoms with van der Waals surface area (Å²) >= 11 is 0. The van der Waals surface area contributed by atoms with Crippen molar-refractivity contribution in [1.29, 1.82) is 5.26 Å². The quantitative estimate of drug-likeness (QED) is 0.905. The van der Waals surface area contributed by atoms with Gasteiger partial charge < -0.3 is 4.74 Å². The van der Waals surface area contributed by atoms with Crippen LogP contribution in [0.3, 0.4) is 0 Å². The molecular formula is C13H16N2O3S. The minimum atomic E-state index is -3.67. The third kappa shape index (κ3) is 2.88. The molecule has 0 radical (unpaired) electrons. The van der Waals surface area contributed by atoms with Crippen LogP contribution in [0.25, 0.3) is 0 Å². The maximum Gasteiger partial charge on any atom is 0.241 e. The summed E-state index contributed by atoms with van der Waals surface area (Å²) in [5, 5.41) is 8.96. The summed E-state index contributed by atoms with van der Waals surface area (Å²) in [5.41, 5.74) is 0.890. The van der Waals surface area contributed by atoms with Gasteiger partial charge in [0, 0.05) is 6.42 Å². The van der Waals surface area contributed by atoms with E-state index in [1.807, 2.05) is 6.07 Å². The third-order valence-corrected chi connectivity index (χ3v) is 4.50. The summed E-state index contributed by atoms with van der Waals surface area (Å²) < 4.78 is 32.2. The molecule has 0 unspecified atom stereocenters. The molecule has 1 aromatic rings. The van der Waals surface area contributed by atoms with Gasteiger partial charge in [-0.25, -0.2) is 8.42 Å². The lowest BCUT2D eigenvalue weighted by molar-refractivity contribution is 0.356. The summed E-state index contributed by atoms with van der Waals surface area (Å²) in [5.74, 6) is 0.650. The lowest BCUT2D eigenvalue weighted by Crippen LogP contribution is -2.37. The van der Waals surface area contributed by atoms with Gasteiger partial charge in [-0.1, -0.05) is 13.8 Å². The molecule has 1 N–H and O–H groups in total. The smallest absolute Gasteiger partial charge is 0.241 e. The molecule has 1 aromatic carbocycles. The third-order valence-electron chi connectivity index (χ3n) is 3.06. The van der Waals surface area contributed by atoms with Crippen molar-refractivity contribution in [2.24, 2.45) is 5.92 Å². The van der Waals surface area contributed by atoms with Crippen LogP contribution in [0.5, 0.6) is 5.75 Å². The molecular weight excluding hydrogens is 264 g/mol. The summed E-state index contributed by atoms with van der Waals surface area (Å²) in [6.45, 7) is 4.18. The fourth-order valence-corrected chi connectivity index (χ4v) is 3.22. The van der Waals surface area contributed by atoms with Crippen LogP contribution in [0.15, 0.2) is 23.1 Å². The van der Waals surface area contributed by atoms with E-state index in [4.69, 9.17) is 10.00 Å². The van der Waals surface area contributed by atoms with Crippen LogP contribution >= 0.6 is 0 Å². The molecule has 1 atom stereocenters. The Hall–Kier alpha value is -1.58. The largest absolute Gasteiger partial charge is 0.493 e. The SMILES string of the molecule is CC(C)[C@H](C#N)NS(=O)(=O)c1ccc2c(c1)CCO2. The molecule has 0 fully saturated rings. The van der Waals surface area contributed by atoms with Crippen molar-refractivity contribution in [2.75, 3.05) is 6.61 Å². The van der Waals surface area contributed by atoms with Gasteiger partial charge in [-0.3, -0.25) is 0 Å². The Morgan fingerprint density at radius 2 is 2.16 bits per heavy atom. The maximum atomic E-state index is 12.2. The lowest BCUT2D eigenvalue weighted by atomic mass is 10.1. The molecule has 2 rings (SSSR count). The molecule has 0 aliphatic carbocycles. The van der Waals surface area contributed by atoms with E-state index in [0.717, 1.165) is 11.3 Å². The van der Waals surface area contributed by atoms with Crippen molar-refractivity contribution in [3.63, 3.8) is 0 Å². The van der Waals surface area contributed by atoms with E-state index in [0.29, 0.717) is 13.0 Å². The molecule has 102 valence electrons. The van der Waals surface area contributed by atoms with Crippen LogP contribution in [-0.4, -0.2) is 21.1 Å². The normalized spacial score (nSPS) is 15.7. The molecule has 1 heterocycles. The first-order valence-electron chi connectivity index (χ1n) is 6.11.